The Morgan fingerprint density at radius 1 is 1.50 bits per heavy atom. The summed E-state index contributed by atoms with van der Waals surface area (Å²) >= 11 is 8.88. The van der Waals surface area contributed by atoms with Gasteiger partial charge in [-0.15, -0.1) is 24.0 Å². The molecule has 1 heterocycles. The van der Waals surface area contributed by atoms with Crippen LogP contribution in [0.15, 0.2) is 26.9 Å². The van der Waals surface area contributed by atoms with E-state index < -0.39 is 0 Å². The van der Waals surface area contributed by atoms with E-state index in [1.165, 1.54) is 11.3 Å². The summed E-state index contributed by atoms with van der Waals surface area (Å²) in [6.45, 7) is 0. The highest BCUT2D eigenvalue weighted by Gasteiger charge is 2.15. The van der Waals surface area contributed by atoms with Crippen LogP contribution in [0.1, 0.15) is 0 Å². The van der Waals surface area contributed by atoms with Crippen LogP contribution < -0.4 is 0 Å². The lowest BCUT2D eigenvalue weighted by atomic mass is 10.2. The van der Waals surface area contributed by atoms with E-state index in [-0.39, 0.29) is 10.6 Å². The SMILES string of the molecule is O=[N+]([O-])c1csc2cc(Br)c(S)cc12. The van der Waals surface area contributed by atoms with Crippen molar-refractivity contribution in [2.75, 3.05) is 0 Å². The van der Waals surface area contributed by atoms with Crippen molar-refractivity contribution in [2.24, 2.45) is 0 Å². The van der Waals surface area contributed by atoms with E-state index >= 15 is 0 Å². The fourth-order valence-corrected chi connectivity index (χ4v) is 2.78. The molecular weight excluding hydrogens is 286 g/mol. The molecule has 0 N–H and O–H groups in total. The minimum atomic E-state index is -0.375. The van der Waals surface area contributed by atoms with Crippen LogP contribution in [-0.2, 0) is 0 Å². The first-order chi connectivity index (χ1) is 6.59. The Balaban J connectivity index is 2.80. The topological polar surface area (TPSA) is 43.1 Å². The minimum absolute atomic E-state index is 0.146. The van der Waals surface area contributed by atoms with Crippen molar-refractivity contribution >= 4 is 55.7 Å². The van der Waals surface area contributed by atoms with Crippen LogP contribution in [0.4, 0.5) is 5.69 Å². The summed E-state index contributed by atoms with van der Waals surface area (Å²) in [6.07, 6.45) is 0. The van der Waals surface area contributed by atoms with Gasteiger partial charge in [-0.05, 0) is 28.1 Å². The van der Waals surface area contributed by atoms with Gasteiger partial charge < -0.3 is 0 Å². The summed E-state index contributed by atoms with van der Waals surface area (Å²) in [4.78, 5) is 11.0. The molecule has 0 spiro atoms. The molecule has 0 atom stereocenters. The zero-order valence-electron chi connectivity index (χ0n) is 6.73. The molecule has 0 saturated carbocycles. The normalized spacial score (nSPS) is 10.7. The summed E-state index contributed by atoms with van der Waals surface area (Å²) in [7, 11) is 0. The molecule has 0 bridgehead atoms. The van der Waals surface area contributed by atoms with E-state index in [1.54, 1.807) is 11.4 Å². The maximum absolute atomic E-state index is 10.6. The maximum Gasteiger partial charge on any atom is 0.287 e. The van der Waals surface area contributed by atoms with Gasteiger partial charge >= 0.3 is 0 Å². The number of halogens is 1. The molecule has 0 aliphatic carbocycles. The summed E-state index contributed by atoms with van der Waals surface area (Å²) in [5.74, 6) is 0. The largest absolute Gasteiger partial charge is 0.287 e. The average molecular weight is 290 g/mol. The summed E-state index contributed by atoms with van der Waals surface area (Å²) in [5.41, 5.74) is 0.146. The molecule has 0 fully saturated rings. The monoisotopic (exact) mass is 289 g/mol. The molecule has 0 radical (unpaired) electrons. The second-order valence-corrected chi connectivity index (χ2v) is 4.93. The molecule has 0 aliphatic heterocycles. The lowest BCUT2D eigenvalue weighted by molar-refractivity contribution is -0.382. The fraction of sp³-hybridized carbons (Fsp3) is 0. The van der Waals surface area contributed by atoms with Gasteiger partial charge in [0.1, 0.15) is 0 Å². The van der Waals surface area contributed by atoms with Crippen molar-refractivity contribution in [1.82, 2.24) is 0 Å². The third kappa shape index (κ3) is 1.53. The maximum atomic E-state index is 10.6. The van der Waals surface area contributed by atoms with Crippen molar-refractivity contribution in [3.05, 3.63) is 32.1 Å². The Labute approximate surface area is 97.4 Å². The standard InChI is InChI=1S/C8H4BrNO2S2/c9-5-2-8-4(1-7(5)13)6(3-14-8)10(11)12/h1-3,13H. The van der Waals surface area contributed by atoms with Gasteiger partial charge in [0.05, 0.1) is 15.7 Å². The predicted octanol–water partition coefficient (Wildman–Crippen LogP) is 3.86. The molecule has 0 aliphatic rings. The van der Waals surface area contributed by atoms with Crippen LogP contribution >= 0.6 is 39.9 Å². The van der Waals surface area contributed by atoms with E-state index in [4.69, 9.17) is 0 Å². The molecule has 0 saturated heterocycles. The van der Waals surface area contributed by atoms with Gasteiger partial charge in [0.15, 0.2) is 0 Å². The summed E-state index contributed by atoms with van der Waals surface area (Å²) < 4.78 is 1.74. The van der Waals surface area contributed by atoms with E-state index in [9.17, 15) is 10.1 Å². The number of hydrogen-bond donors (Lipinski definition) is 1. The van der Waals surface area contributed by atoms with Gasteiger partial charge in [-0.3, -0.25) is 10.1 Å². The molecule has 14 heavy (non-hydrogen) atoms. The van der Waals surface area contributed by atoms with E-state index in [1.807, 2.05) is 6.07 Å². The van der Waals surface area contributed by atoms with Crippen LogP contribution in [-0.4, -0.2) is 4.92 Å². The molecule has 0 unspecified atom stereocenters. The average Bonchev–Trinajstić information content (AvgIpc) is 2.48. The number of rotatable bonds is 1. The molecule has 72 valence electrons. The van der Waals surface area contributed by atoms with Gasteiger partial charge in [0.25, 0.3) is 5.69 Å². The molecule has 1 aromatic heterocycles. The molecule has 6 heteroatoms. The molecule has 2 aromatic rings. The Kier molecular flexibility index (Phi) is 2.50. The van der Waals surface area contributed by atoms with Crippen LogP contribution in [0.5, 0.6) is 0 Å². The van der Waals surface area contributed by atoms with Crippen molar-refractivity contribution in [3.8, 4) is 0 Å². The van der Waals surface area contributed by atoms with Gasteiger partial charge in [0.2, 0.25) is 0 Å². The van der Waals surface area contributed by atoms with Crippen molar-refractivity contribution < 1.29 is 4.92 Å². The number of thiol groups is 1. The smallest absolute Gasteiger partial charge is 0.258 e. The third-order valence-electron chi connectivity index (χ3n) is 1.82. The van der Waals surface area contributed by atoms with Crippen LogP contribution in [0.3, 0.4) is 0 Å². The van der Waals surface area contributed by atoms with E-state index in [0.29, 0.717) is 10.3 Å². The fourth-order valence-electron chi connectivity index (χ4n) is 1.17. The quantitative estimate of drug-likeness (QED) is 0.492. The van der Waals surface area contributed by atoms with Gasteiger partial charge in [-0.2, -0.15) is 0 Å². The highest BCUT2D eigenvalue weighted by Crippen LogP contribution is 2.36. The predicted molar refractivity (Wildman–Crippen MR) is 63.4 cm³/mol. The minimum Gasteiger partial charge on any atom is -0.258 e. The highest BCUT2D eigenvalue weighted by molar-refractivity contribution is 9.10. The number of fused-ring (bicyclic) bond motifs is 1. The Morgan fingerprint density at radius 2 is 2.21 bits per heavy atom. The molecule has 2 rings (SSSR count). The Bertz CT molecular complexity index is 523. The molecule has 1 aromatic carbocycles. The first kappa shape index (κ1) is 9.95. The molecule has 3 nitrogen and oxygen atoms in total. The summed E-state index contributed by atoms with van der Waals surface area (Å²) in [6, 6.07) is 3.55. The second-order valence-electron chi connectivity index (χ2n) is 2.68. The van der Waals surface area contributed by atoms with Crippen LogP contribution in [0.2, 0.25) is 0 Å². The van der Waals surface area contributed by atoms with Crippen LogP contribution in [0, 0.1) is 10.1 Å². The number of hydrogen-bond acceptors (Lipinski definition) is 4. The zero-order chi connectivity index (χ0) is 10.3. The van der Waals surface area contributed by atoms with Gasteiger partial charge in [0, 0.05) is 14.1 Å². The highest BCUT2D eigenvalue weighted by atomic mass is 79.9. The number of benzene rings is 1. The Hall–Kier alpha value is -0.590. The summed E-state index contributed by atoms with van der Waals surface area (Å²) in [5, 5.41) is 12.8. The van der Waals surface area contributed by atoms with E-state index in [2.05, 4.69) is 28.6 Å². The van der Waals surface area contributed by atoms with E-state index in [0.717, 1.165) is 9.17 Å². The number of thiophene rings is 1. The Morgan fingerprint density at radius 3 is 2.86 bits per heavy atom. The van der Waals surface area contributed by atoms with Crippen molar-refractivity contribution in [1.29, 1.82) is 0 Å². The van der Waals surface area contributed by atoms with Crippen molar-refractivity contribution in [3.63, 3.8) is 0 Å². The first-order valence-corrected chi connectivity index (χ1v) is 5.75. The number of nitrogens with zero attached hydrogens (tertiary/aromatic N) is 1. The van der Waals surface area contributed by atoms with Gasteiger partial charge in [-0.1, -0.05) is 0 Å². The lowest BCUT2D eigenvalue weighted by Crippen LogP contribution is -1.84. The zero-order valence-corrected chi connectivity index (χ0v) is 10.0. The van der Waals surface area contributed by atoms with Crippen LogP contribution in [0.25, 0.3) is 10.1 Å². The third-order valence-corrected chi connectivity index (χ3v) is 4.08. The number of nitro groups is 1. The first-order valence-electron chi connectivity index (χ1n) is 3.63. The molecular formula is C8H4BrNO2S2. The molecule has 0 amide bonds. The lowest BCUT2D eigenvalue weighted by Gasteiger charge is -1.96. The van der Waals surface area contributed by atoms with Gasteiger partial charge in [-0.25, -0.2) is 0 Å². The second kappa shape index (κ2) is 3.52. The van der Waals surface area contributed by atoms with Crippen molar-refractivity contribution in [2.45, 2.75) is 4.90 Å².